The van der Waals surface area contributed by atoms with E-state index in [1.54, 1.807) is 48.5 Å². The quantitative estimate of drug-likeness (QED) is 0.742. The van der Waals surface area contributed by atoms with Gasteiger partial charge in [0.05, 0.1) is 4.90 Å². The van der Waals surface area contributed by atoms with Crippen LogP contribution in [0.4, 0.5) is 4.39 Å². The van der Waals surface area contributed by atoms with Crippen molar-refractivity contribution in [2.45, 2.75) is 4.90 Å². The highest BCUT2D eigenvalue weighted by Crippen LogP contribution is 2.22. The molecule has 5 heteroatoms. The second-order valence-electron chi connectivity index (χ2n) is 4.56. The van der Waals surface area contributed by atoms with Crippen LogP contribution in [0.25, 0.3) is 11.1 Å². The van der Waals surface area contributed by atoms with E-state index in [1.807, 2.05) is 0 Å². The molecule has 1 heterocycles. The van der Waals surface area contributed by atoms with Gasteiger partial charge in [0, 0.05) is 18.0 Å². The number of hydrogen-bond acceptors (Lipinski definition) is 2. The summed E-state index contributed by atoms with van der Waals surface area (Å²) in [6.07, 6.45) is 3.01. The van der Waals surface area contributed by atoms with Crippen LogP contribution in [0.5, 0.6) is 0 Å². The van der Waals surface area contributed by atoms with E-state index in [2.05, 4.69) is 0 Å². The van der Waals surface area contributed by atoms with Gasteiger partial charge in [-0.3, -0.25) is 0 Å². The lowest BCUT2D eigenvalue weighted by molar-refractivity contribution is 0.587. The van der Waals surface area contributed by atoms with Gasteiger partial charge < -0.3 is 0 Å². The summed E-state index contributed by atoms with van der Waals surface area (Å²) in [6.45, 7) is 0. The van der Waals surface area contributed by atoms with E-state index in [0.717, 1.165) is 11.1 Å². The van der Waals surface area contributed by atoms with Crippen LogP contribution in [-0.2, 0) is 10.0 Å². The number of aromatic nitrogens is 1. The Morgan fingerprint density at radius 3 is 2.14 bits per heavy atom. The number of nitrogens with zero attached hydrogens (tertiary/aromatic N) is 1. The summed E-state index contributed by atoms with van der Waals surface area (Å²) in [7, 11) is -3.59. The minimum Gasteiger partial charge on any atom is -0.248 e. The minimum absolute atomic E-state index is 0.228. The van der Waals surface area contributed by atoms with Crippen molar-refractivity contribution in [1.82, 2.24) is 3.97 Å². The monoisotopic (exact) mass is 301 g/mol. The predicted molar refractivity (Wildman–Crippen MR) is 78.9 cm³/mol. The van der Waals surface area contributed by atoms with Crippen molar-refractivity contribution < 1.29 is 12.8 Å². The van der Waals surface area contributed by atoms with Gasteiger partial charge in [-0.05, 0) is 35.9 Å². The maximum atomic E-state index is 12.9. The van der Waals surface area contributed by atoms with Crippen LogP contribution in [0, 0.1) is 5.82 Å². The Hall–Kier alpha value is -2.40. The van der Waals surface area contributed by atoms with E-state index >= 15 is 0 Å². The molecular weight excluding hydrogens is 289 g/mol. The van der Waals surface area contributed by atoms with E-state index in [1.165, 1.54) is 28.5 Å². The Morgan fingerprint density at radius 1 is 0.810 bits per heavy atom. The van der Waals surface area contributed by atoms with Crippen molar-refractivity contribution in [3.05, 3.63) is 78.9 Å². The Bertz CT molecular complexity index is 853. The Balaban J connectivity index is 2.01. The van der Waals surface area contributed by atoms with Crippen LogP contribution in [0.2, 0.25) is 0 Å². The zero-order valence-corrected chi connectivity index (χ0v) is 11.8. The summed E-state index contributed by atoms with van der Waals surface area (Å²) in [6, 6.07) is 15.8. The summed E-state index contributed by atoms with van der Waals surface area (Å²) in [5.41, 5.74) is 1.48. The highest BCUT2D eigenvalue weighted by Gasteiger charge is 2.16. The Labute approximate surface area is 122 Å². The standard InChI is InChI=1S/C16H12FNO2S/c17-15-8-6-13(7-9-15)14-10-11-18(12-14)21(19,20)16-4-2-1-3-5-16/h1-12H. The molecule has 2 aromatic carbocycles. The molecule has 0 radical (unpaired) electrons. The fourth-order valence-corrected chi connectivity index (χ4v) is 3.27. The van der Waals surface area contributed by atoms with Crippen molar-refractivity contribution in [2.24, 2.45) is 0 Å². The number of halogens is 1. The summed E-state index contributed by atoms with van der Waals surface area (Å²) in [5.74, 6) is -0.324. The van der Waals surface area contributed by atoms with Gasteiger partial charge in [0.2, 0.25) is 0 Å². The molecule has 0 saturated heterocycles. The summed E-state index contributed by atoms with van der Waals surface area (Å²) < 4.78 is 39.0. The topological polar surface area (TPSA) is 39.1 Å². The lowest BCUT2D eigenvalue weighted by atomic mass is 10.1. The first kappa shape index (κ1) is 13.6. The van der Waals surface area contributed by atoms with Gasteiger partial charge in [-0.2, -0.15) is 0 Å². The first-order valence-corrected chi connectivity index (χ1v) is 7.76. The maximum absolute atomic E-state index is 12.9. The van der Waals surface area contributed by atoms with Crippen LogP contribution in [0.1, 0.15) is 0 Å². The first-order valence-electron chi connectivity index (χ1n) is 6.32. The Kier molecular flexibility index (Phi) is 3.35. The number of benzene rings is 2. The average Bonchev–Trinajstić information content (AvgIpc) is 2.99. The van der Waals surface area contributed by atoms with Gasteiger partial charge in [0.25, 0.3) is 10.0 Å². The molecule has 0 aliphatic rings. The van der Waals surface area contributed by atoms with Crippen LogP contribution in [0.3, 0.4) is 0 Å². The van der Waals surface area contributed by atoms with E-state index < -0.39 is 10.0 Å². The first-order chi connectivity index (χ1) is 10.1. The minimum atomic E-state index is -3.59. The molecule has 0 spiro atoms. The van der Waals surface area contributed by atoms with Gasteiger partial charge in [-0.1, -0.05) is 30.3 Å². The van der Waals surface area contributed by atoms with Gasteiger partial charge in [-0.15, -0.1) is 0 Å². The predicted octanol–water partition coefficient (Wildman–Crippen LogP) is 3.53. The summed E-state index contributed by atoms with van der Waals surface area (Å²) in [4.78, 5) is 0.228. The molecule has 0 N–H and O–H groups in total. The largest absolute Gasteiger partial charge is 0.267 e. The van der Waals surface area contributed by atoms with E-state index in [4.69, 9.17) is 0 Å². The van der Waals surface area contributed by atoms with E-state index in [-0.39, 0.29) is 10.7 Å². The van der Waals surface area contributed by atoms with E-state index in [9.17, 15) is 12.8 Å². The fourth-order valence-electron chi connectivity index (χ4n) is 2.05. The molecule has 0 bridgehead atoms. The van der Waals surface area contributed by atoms with Crippen LogP contribution in [0.15, 0.2) is 78.0 Å². The van der Waals surface area contributed by atoms with Crippen molar-refractivity contribution in [3.63, 3.8) is 0 Å². The highest BCUT2D eigenvalue weighted by atomic mass is 32.2. The smallest absolute Gasteiger partial charge is 0.248 e. The zero-order valence-electron chi connectivity index (χ0n) is 11.0. The zero-order chi connectivity index (χ0) is 14.9. The lowest BCUT2D eigenvalue weighted by Gasteiger charge is -2.05. The average molecular weight is 301 g/mol. The molecule has 3 nitrogen and oxygen atoms in total. The van der Waals surface area contributed by atoms with Gasteiger partial charge in [0.15, 0.2) is 0 Å². The van der Waals surface area contributed by atoms with Crippen LogP contribution < -0.4 is 0 Å². The van der Waals surface area contributed by atoms with Crippen LogP contribution in [-0.4, -0.2) is 12.4 Å². The van der Waals surface area contributed by atoms with Crippen molar-refractivity contribution in [2.75, 3.05) is 0 Å². The number of rotatable bonds is 3. The summed E-state index contributed by atoms with van der Waals surface area (Å²) in [5, 5.41) is 0. The number of hydrogen-bond donors (Lipinski definition) is 0. The van der Waals surface area contributed by atoms with Crippen molar-refractivity contribution in [1.29, 1.82) is 0 Å². The molecular formula is C16H12FNO2S. The fraction of sp³-hybridized carbons (Fsp3) is 0. The third-order valence-corrected chi connectivity index (χ3v) is 4.81. The highest BCUT2D eigenvalue weighted by molar-refractivity contribution is 7.90. The normalized spacial score (nSPS) is 11.5. The molecule has 0 aliphatic heterocycles. The molecule has 3 aromatic rings. The maximum Gasteiger partial charge on any atom is 0.267 e. The molecule has 21 heavy (non-hydrogen) atoms. The lowest BCUT2D eigenvalue weighted by Crippen LogP contribution is -2.10. The molecule has 0 amide bonds. The second kappa shape index (κ2) is 5.18. The molecule has 106 valence electrons. The second-order valence-corrected chi connectivity index (χ2v) is 6.40. The molecule has 0 saturated carbocycles. The third-order valence-electron chi connectivity index (χ3n) is 3.16. The third kappa shape index (κ3) is 2.60. The molecule has 1 aromatic heterocycles. The van der Waals surface area contributed by atoms with E-state index in [0.29, 0.717) is 0 Å². The molecule has 3 rings (SSSR count). The molecule has 0 aliphatic carbocycles. The van der Waals surface area contributed by atoms with Crippen molar-refractivity contribution in [3.8, 4) is 11.1 Å². The van der Waals surface area contributed by atoms with Gasteiger partial charge in [0.1, 0.15) is 5.82 Å². The Morgan fingerprint density at radius 2 is 1.48 bits per heavy atom. The van der Waals surface area contributed by atoms with Crippen LogP contribution >= 0.6 is 0 Å². The molecule has 0 fully saturated rings. The summed E-state index contributed by atoms with van der Waals surface area (Å²) >= 11 is 0. The molecule has 0 unspecified atom stereocenters. The SMILES string of the molecule is O=S(=O)(c1ccccc1)n1ccc(-c2ccc(F)cc2)c1. The molecule has 0 atom stereocenters. The van der Waals surface area contributed by atoms with Gasteiger partial charge in [-0.25, -0.2) is 16.8 Å². The van der Waals surface area contributed by atoms with Gasteiger partial charge >= 0.3 is 0 Å². The van der Waals surface area contributed by atoms with Crippen molar-refractivity contribution >= 4 is 10.0 Å².